The van der Waals surface area contributed by atoms with Gasteiger partial charge in [-0.25, -0.2) is 4.98 Å². The molecule has 160 valence electrons. The van der Waals surface area contributed by atoms with Gasteiger partial charge in [0.25, 0.3) is 5.91 Å². The number of hydrogen-bond donors (Lipinski definition) is 2. The molecule has 3 N–H and O–H groups in total. The number of methoxy groups -OCH3 is 1. The Labute approximate surface area is 177 Å². The van der Waals surface area contributed by atoms with Gasteiger partial charge in [0, 0.05) is 50.6 Å². The van der Waals surface area contributed by atoms with Crippen molar-refractivity contribution in [2.75, 3.05) is 37.5 Å². The van der Waals surface area contributed by atoms with Gasteiger partial charge < -0.3 is 25.6 Å². The SMILES string of the molecule is CCC(=O)N1CCC[C@@H](N(C)c2cc(Nc3ccc(OC)cc3)ncc2C(N)=O)C1. The normalized spacial score (nSPS) is 16.1. The van der Waals surface area contributed by atoms with E-state index in [1.807, 2.05) is 54.1 Å². The Balaban J connectivity index is 1.84. The van der Waals surface area contributed by atoms with E-state index in [9.17, 15) is 9.59 Å². The van der Waals surface area contributed by atoms with Crippen LogP contribution >= 0.6 is 0 Å². The summed E-state index contributed by atoms with van der Waals surface area (Å²) in [7, 11) is 3.55. The molecule has 30 heavy (non-hydrogen) atoms. The van der Waals surface area contributed by atoms with Crippen LogP contribution < -0.4 is 20.7 Å². The summed E-state index contributed by atoms with van der Waals surface area (Å²) in [5, 5.41) is 3.25. The first-order valence-electron chi connectivity index (χ1n) is 10.1. The summed E-state index contributed by atoms with van der Waals surface area (Å²) in [6.07, 6.45) is 3.85. The van der Waals surface area contributed by atoms with Crippen LogP contribution in [-0.2, 0) is 4.79 Å². The molecule has 0 saturated carbocycles. The molecule has 0 aliphatic carbocycles. The van der Waals surface area contributed by atoms with Crippen molar-refractivity contribution in [1.82, 2.24) is 9.88 Å². The van der Waals surface area contributed by atoms with Crippen LogP contribution in [0.15, 0.2) is 36.5 Å². The summed E-state index contributed by atoms with van der Waals surface area (Å²) in [6, 6.07) is 9.42. The molecule has 0 spiro atoms. The fraction of sp³-hybridized carbons (Fsp3) is 0.409. The zero-order valence-corrected chi connectivity index (χ0v) is 17.7. The zero-order valence-electron chi connectivity index (χ0n) is 17.7. The van der Waals surface area contributed by atoms with Gasteiger partial charge in [0.05, 0.1) is 18.4 Å². The number of anilines is 3. The molecule has 2 amide bonds. The Morgan fingerprint density at radius 1 is 1.33 bits per heavy atom. The summed E-state index contributed by atoms with van der Waals surface area (Å²) in [5.41, 5.74) is 7.51. The highest BCUT2D eigenvalue weighted by molar-refractivity contribution is 5.99. The van der Waals surface area contributed by atoms with Gasteiger partial charge in [-0.3, -0.25) is 9.59 Å². The molecule has 8 heteroatoms. The number of piperidine rings is 1. The van der Waals surface area contributed by atoms with Gasteiger partial charge in [0.15, 0.2) is 0 Å². The number of primary amides is 1. The highest BCUT2D eigenvalue weighted by Crippen LogP contribution is 2.28. The molecule has 2 heterocycles. The number of nitrogens with one attached hydrogen (secondary N) is 1. The fourth-order valence-electron chi connectivity index (χ4n) is 3.73. The Morgan fingerprint density at radius 2 is 2.07 bits per heavy atom. The molecule has 2 aromatic rings. The molecule has 0 unspecified atom stereocenters. The minimum absolute atomic E-state index is 0.101. The predicted octanol–water partition coefficient (Wildman–Crippen LogP) is 2.77. The predicted molar refractivity (Wildman–Crippen MR) is 117 cm³/mol. The Morgan fingerprint density at radius 3 is 2.70 bits per heavy atom. The van der Waals surface area contributed by atoms with E-state index in [4.69, 9.17) is 10.5 Å². The third-order valence-corrected chi connectivity index (χ3v) is 5.49. The highest BCUT2D eigenvalue weighted by atomic mass is 16.5. The molecule has 3 rings (SSSR count). The zero-order chi connectivity index (χ0) is 21.7. The van der Waals surface area contributed by atoms with Crippen LogP contribution in [0.3, 0.4) is 0 Å². The third-order valence-electron chi connectivity index (χ3n) is 5.49. The van der Waals surface area contributed by atoms with Crippen LogP contribution in [0.5, 0.6) is 5.75 Å². The first-order valence-corrected chi connectivity index (χ1v) is 10.1. The third kappa shape index (κ3) is 4.82. The number of carbonyl (C=O) groups excluding carboxylic acids is 2. The minimum Gasteiger partial charge on any atom is -0.497 e. The number of likely N-dealkylation sites (N-methyl/N-ethyl adjacent to an activating group) is 1. The number of nitrogens with zero attached hydrogens (tertiary/aromatic N) is 3. The molecule has 8 nitrogen and oxygen atoms in total. The lowest BCUT2D eigenvalue weighted by molar-refractivity contribution is -0.132. The second kappa shape index (κ2) is 9.47. The minimum atomic E-state index is -0.530. The van der Waals surface area contributed by atoms with E-state index in [1.54, 1.807) is 7.11 Å². The highest BCUT2D eigenvalue weighted by Gasteiger charge is 2.27. The maximum absolute atomic E-state index is 12.2. The number of aromatic nitrogens is 1. The standard InChI is InChI=1S/C22H29N5O3/c1-4-21(28)27-11-5-6-16(14-27)26(2)19-12-20(24-13-18(19)22(23)29)25-15-7-9-17(30-3)10-8-15/h7-10,12-13,16H,4-6,11,14H2,1-3H3,(H2,23,29)(H,24,25)/t16-/m1/s1. The molecule has 1 aliphatic heterocycles. The number of pyridine rings is 1. The number of nitrogens with two attached hydrogens (primary N) is 1. The van der Waals surface area contributed by atoms with Gasteiger partial charge in [-0.05, 0) is 37.1 Å². The number of ether oxygens (including phenoxy) is 1. The number of benzene rings is 1. The molecular weight excluding hydrogens is 382 g/mol. The van der Waals surface area contributed by atoms with Crippen molar-refractivity contribution in [3.8, 4) is 5.75 Å². The van der Waals surface area contributed by atoms with Crippen LogP contribution in [0.25, 0.3) is 0 Å². The van der Waals surface area contributed by atoms with E-state index in [1.165, 1.54) is 6.20 Å². The molecule has 0 radical (unpaired) electrons. The van der Waals surface area contributed by atoms with Gasteiger partial charge >= 0.3 is 0 Å². The summed E-state index contributed by atoms with van der Waals surface area (Å²) in [4.78, 5) is 32.5. The van der Waals surface area contributed by atoms with Crippen molar-refractivity contribution >= 4 is 29.0 Å². The fourth-order valence-corrected chi connectivity index (χ4v) is 3.73. The summed E-state index contributed by atoms with van der Waals surface area (Å²) < 4.78 is 5.18. The average Bonchev–Trinajstić information content (AvgIpc) is 2.78. The molecule has 1 saturated heterocycles. The summed E-state index contributed by atoms with van der Waals surface area (Å²) in [5.74, 6) is 0.989. The van der Waals surface area contributed by atoms with Gasteiger partial charge in [-0.1, -0.05) is 6.92 Å². The van der Waals surface area contributed by atoms with Gasteiger partial charge in [0.2, 0.25) is 5.91 Å². The smallest absolute Gasteiger partial charge is 0.252 e. The first kappa shape index (κ1) is 21.4. The van der Waals surface area contributed by atoms with E-state index in [0.717, 1.165) is 30.8 Å². The molecule has 1 aliphatic rings. The summed E-state index contributed by atoms with van der Waals surface area (Å²) in [6.45, 7) is 3.28. The number of hydrogen-bond acceptors (Lipinski definition) is 6. The largest absolute Gasteiger partial charge is 0.497 e. The van der Waals surface area contributed by atoms with Crippen molar-refractivity contribution in [3.63, 3.8) is 0 Å². The number of amides is 2. The van der Waals surface area contributed by atoms with E-state index in [-0.39, 0.29) is 11.9 Å². The van der Waals surface area contributed by atoms with Crippen molar-refractivity contribution in [1.29, 1.82) is 0 Å². The maximum atomic E-state index is 12.2. The van der Waals surface area contributed by atoms with Crippen molar-refractivity contribution in [3.05, 3.63) is 42.1 Å². The number of rotatable bonds is 7. The van der Waals surface area contributed by atoms with Gasteiger partial charge in [0.1, 0.15) is 11.6 Å². The average molecular weight is 412 g/mol. The second-order valence-corrected chi connectivity index (χ2v) is 7.40. The molecule has 1 aromatic heterocycles. The van der Waals surface area contributed by atoms with E-state index >= 15 is 0 Å². The Hall–Kier alpha value is -3.29. The van der Waals surface area contributed by atoms with Crippen molar-refractivity contribution in [2.24, 2.45) is 5.73 Å². The van der Waals surface area contributed by atoms with Crippen LogP contribution in [0.2, 0.25) is 0 Å². The van der Waals surface area contributed by atoms with Gasteiger partial charge in [-0.2, -0.15) is 0 Å². The van der Waals surface area contributed by atoms with Crippen molar-refractivity contribution in [2.45, 2.75) is 32.2 Å². The van der Waals surface area contributed by atoms with Crippen LogP contribution in [-0.4, -0.2) is 55.0 Å². The lowest BCUT2D eigenvalue weighted by Crippen LogP contribution is -2.49. The lowest BCUT2D eigenvalue weighted by atomic mass is 10.0. The van der Waals surface area contributed by atoms with Crippen LogP contribution in [0.1, 0.15) is 36.5 Å². The second-order valence-electron chi connectivity index (χ2n) is 7.40. The summed E-state index contributed by atoms with van der Waals surface area (Å²) >= 11 is 0. The van der Waals surface area contributed by atoms with E-state index in [2.05, 4.69) is 10.3 Å². The number of carbonyl (C=O) groups is 2. The molecule has 1 atom stereocenters. The van der Waals surface area contributed by atoms with Crippen LogP contribution in [0, 0.1) is 0 Å². The van der Waals surface area contributed by atoms with E-state index < -0.39 is 5.91 Å². The maximum Gasteiger partial charge on any atom is 0.252 e. The molecule has 0 bridgehead atoms. The molecule has 1 aromatic carbocycles. The Kier molecular flexibility index (Phi) is 6.76. The Bertz CT molecular complexity index is 900. The van der Waals surface area contributed by atoms with E-state index in [0.29, 0.717) is 30.0 Å². The molecular formula is C22H29N5O3. The lowest BCUT2D eigenvalue weighted by Gasteiger charge is -2.39. The van der Waals surface area contributed by atoms with Crippen LogP contribution in [0.4, 0.5) is 17.2 Å². The quantitative estimate of drug-likeness (QED) is 0.727. The topological polar surface area (TPSA) is 101 Å². The first-order chi connectivity index (χ1) is 14.4. The van der Waals surface area contributed by atoms with Gasteiger partial charge in [-0.15, -0.1) is 0 Å². The van der Waals surface area contributed by atoms with Crippen molar-refractivity contribution < 1.29 is 14.3 Å². The monoisotopic (exact) mass is 411 g/mol. The molecule has 1 fully saturated rings. The number of likely N-dealkylation sites (tertiary alicyclic amines) is 1.